The van der Waals surface area contributed by atoms with Gasteiger partial charge in [0.25, 0.3) is 5.56 Å². The molecule has 0 saturated heterocycles. The molecule has 0 atom stereocenters. The Kier molecular flexibility index (Phi) is 3.96. The molecule has 20 heavy (non-hydrogen) atoms. The summed E-state index contributed by atoms with van der Waals surface area (Å²) >= 11 is 0. The first kappa shape index (κ1) is 13.6. The molecule has 2 aromatic rings. The minimum Gasteiger partial charge on any atom is -0.296 e. The molecule has 0 aliphatic heterocycles. The Balaban J connectivity index is 2.25. The van der Waals surface area contributed by atoms with Crippen molar-refractivity contribution >= 4 is 6.08 Å². The average Bonchev–Trinajstić information content (AvgIpc) is 2.44. The smallest absolute Gasteiger partial charge is 0.296 e. The highest BCUT2D eigenvalue weighted by atomic mass is 16.2. The van der Waals surface area contributed by atoms with E-state index >= 15 is 0 Å². The number of H-pyrrole nitrogens is 1. The van der Waals surface area contributed by atoms with Gasteiger partial charge >= 0.3 is 5.69 Å². The lowest BCUT2D eigenvalue weighted by Crippen LogP contribution is -2.31. The van der Waals surface area contributed by atoms with E-state index in [0.717, 1.165) is 11.1 Å². The number of aromatic nitrogens is 2. The van der Waals surface area contributed by atoms with Crippen LogP contribution in [0.25, 0.3) is 6.08 Å². The summed E-state index contributed by atoms with van der Waals surface area (Å²) in [5, 5.41) is 8.45. The first-order chi connectivity index (χ1) is 9.60. The first-order valence-electron chi connectivity index (χ1n) is 6.05. The van der Waals surface area contributed by atoms with Gasteiger partial charge in [0.15, 0.2) is 0 Å². The molecule has 5 heteroatoms. The van der Waals surface area contributed by atoms with Crippen molar-refractivity contribution in [3.63, 3.8) is 0 Å². The van der Waals surface area contributed by atoms with Crippen molar-refractivity contribution in [2.45, 2.75) is 13.5 Å². The average molecular weight is 267 g/mol. The molecule has 0 bridgehead atoms. The van der Waals surface area contributed by atoms with Crippen molar-refractivity contribution in [2.24, 2.45) is 0 Å². The number of aromatic amines is 1. The van der Waals surface area contributed by atoms with E-state index in [4.69, 9.17) is 5.26 Å². The van der Waals surface area contributed by atoms with Crippen LogP contribution in [0.2, 0.25) is 0 Å². The number of allylic oxidation sites excluding steroid dienone is 1. The van der Waals surface area contributed by atoms with Gasteiger partial charge in [-0.3, -0.25) is 14.3 Å². The van der Waals surface area contributed by atoms with Crippen molar-refractivity contribution in [2.75, 3.05) is 0 Å². The number of hydrogen-bond donors (Lipinski definition) is 1. The standard InChI is InChI=1S/C15H13N3O2/c1-11-9-18(15(20)17-14(11)19)10-13-6-4-12(5-7-13)3-2-8-16/h2-7,9H,10H2,1H3,(H,17,19,20)/b3-2+. The summed E-state index contributed by atoms with van der Waals surface area (Å²) in [6.07, 6.45) is 4.66. The number of rotatable bonds is 3. The van der Waals surface area contributed by atoms with Gasteiger partial charge in [-0.1, -0.05) is 24.3 Å². The fraction of sp³-hybridized carbons (Fsp3) is 0.133. The van der Waals surface area contributed by atoms with E-state index in [-0.39, 0.29) is 5.56 Å². The molecule has 0 fully saturated rings. The summed E-state index contributed by atoms with van der Waals surface area (Å²) in [6.45, 7) is 2.04. The molecule has 0 aliphatic rings. The van der Waals surface area contributed by atoms with Crippen LogP contribution in [0.4, 0.5) is 0 Å². The lowest BCUT2D eigenvalue weighted by atomic mass is 10.1. The third-order valence-electron chi connectivity index (χ3n) is 2.87. The Morgan fingerprint density at radius 2 is 2.00 bits per heavy atom. The highest BCUT2D eigenvalue weighted by Gasteiger charge is 2.01. The van der Waals surface area contributed by atoms with Gasteiger partial charge in [0.1, 0.15) is 0 Å². The van der Waals surface area contributed by atoms with E-state index in [9.17, 15) is 9.59 Å². The predicted octanol–water partition coefficient (Wildman–Crippen LogP) is 1.43. The molecule has 1 N–H and O–H groups in total. The van der Waals surface area contributed by atoms with Crippen molar-refractivity contribution in [3.05, 3.63) is 74.1 Å². The Morgan fingerprint density at radius 1 is 1.30 bits per heavy atom. The monoisotopic (exact) mass is 267 g/mol. The van der Waals surface area contributed by atoms with Crippen molar-refractivity contribution < 1.29 is 0 Å². The normalized spacial score (nSPS) is 10.6. The van der Waals surface area contributed by atoms with Crippen molar-refractivity contribution in [1.82, 2.24) is 9.55 Å². The summed E-state index contributed by atoms with van der Waals surface area (Å²) in [4.78, 5) is 25.2. The number of hydrogen-bond acceptors (Lipinski definition) is 3. The maximum Gasteiger partial charge on any atom is 0.328 e. The Bertz CT molecular complexity index is 790. The van der Waals surface area contributed by atoms with Gasteiger partial charge in [-0.05, 0) is 24.1 Å². The molecule has 1 aromatic carbocycles. The van der Waals surface area contributed by atoms with Gasteiger partial charge in [-0.25, -0.2) is 4.79 Å². The van der Waals surface area contributed by atoms with Crippen LogP contribution in [0.1, 0.15) is 16.7 Å². The SMILES string of the molecule is Cc1cn(Cc2ccc(/C=C/C#N)cc2)c(=O)[nH]c1=O. The molecule has 2 rings (SSSR count). The van der Waals surface area contributed by atoms with Gasteiger partial charge in [0.2, 0.25) is 0 Å². The topological polar surface area (TPSA) is 78.7 Å². The number of benzene rings is 1. The molecule has 0 spiro atoms. The van der Waals surface area contributed by atoms with Crippen LogP contribution in [0, 0.1) is 18.3 Å². The lowest BCUT2D eigenvalue weighted by Gasteiger charge is -2.06. The van der Waals surface area contributed by atoms with Gasteiger partial charge in [0.05, 0.1) is 12.6 Å². The molecule has 1 aromatic heterocycles. The molecular weight excluding hydrogens is 254 g/mol. The second-order valence-corrected chi connectivity index (χ2v) is 4.40. The minimum absolute atomic E-state index is 0.358. The zero-order valence-corrected chi connectivity index (χ0v) is 11.0. The van der Waals surface area contributed by atoms with E-state index in [1.165, 1.54) is 10.6 Å². The molecule has 0 amide bonds. The summed E-state index contributed by atoms with van der Waals surface area (Å²) in [5.74, 6) is 0. The summed E-state index contributed by atoms with van der Waals surface area (Å²) < 4.78 is 1.46. The lowest BCUT2D eigenvalue weighted by molar-refractivity contribution is 0.713. The predicted molar refractivity (Wildman–Crippen MR) is 76.3 cm³/mol. The Labute approximate surface area is 115 Å². The second-order valence-electron chi connectivity index (χ2n) is 4.40. The van der Waals surface area contributed by atoms with E-state index < -0.39 is 5.69 Å². The third kappa shape index (κ3) is 3.12. The Hall–Kier alpha value is -2.87. The molecule has 0 saturated carbocycles. The highest BCUT2D eigenvalue weighted by molar-refractivity contribution is 5.52. The van der Waals surface area contributed by atoms with Gasteiger partial charge in [0, 0.05) is 17.8 Å². The molecule has 100 valence electrons. The van der Waals surface area contributed by atoms with E-state index in [2.05, 4.69) is 4.98 Å². The first-order valence-corrected chi connectivity index (χ1v) is 6.05. The molecule has 0 aliphatic carbocycles. The third-order valence-corrected chi connectivity index (χ3v) is 2.87. The maximum atomic E-state index is 11.7. The zero-order chi connectivity index (χ0) is 14.5. The van der Waals surface area contributed by atoms with E-state index in [1.54, 1.807) is 19.2 Å². The molecule has 5 nitrogen and oxygen atoms in total. The van der Waals surface area contributed by atoms with Gasteiger partial charge < -0.3 is 0 Å². The van der Waals surface area contributed by atoms with Crippen LogP contribution in [0.3, 0.4) is 0 Å². The maximum absolute atomic E-state index is 11.7. The molecular formula is C15H13N3O2. The van der Waals surface area contributed by atoms with Crippen LogP contribution in [-0.2, 0) is 6.54 Å². The number of nitrogens with one attached hydrogen (secondary N) is 1. The number of aryl methyl sites for hydroxylation is 1. The Morgan fingerprint density at radius 3 is 2.65 bits per heavy atom. The summed E-state index contributed by atoms with van der Waals surface area (Å²) in [5.41, 5.74) is 1.57. The van der Waals surface area contributed by atoms with Crippen molar-refractivity contribution in [3.8, 4) is 6.07 Å². The minimum atomic E-state index is -0.422. The second kappa shape index (κ2) is 5.85. The summed E-state index contributed by atoms with van der Waals surface area (Å²) in [7, 11) is 0. The zero-order valence-electron chi connectivity index (χ0n) is 11.0. The van der Waals surface area contributed by atoms with Crippen LogP contribution < -0.4 is 11.2 Å². The number of nitrogens with zero attached hydrogens (tertiary/aromatic N) is 2. The summed E-state index contributed by atoms with van der Waals surface area (Å²) in [6, 6.07) is 9.42. The van der Waals surface area contributed by atoms with E-state index in [1.807, 2.05) is 30.3 Å². The molecule has 0 radical (unpaired) electrons. The van der Waals surface area contributed by atoms with Crippen LogP contribution in [-0.4, -0.2) is 9.55 Å². The number of nitriles is 1. The quantitative estimate of drug-likeness (QED) is 0.854. The largest absolute Gasteiger partial charge is 0.328 e. The fourth-order valence-electron chi connectivity index (χ4n) is 1.80. The van der Waals surface area contributed by atoms with Crippen molar-refractivity contribution in [1.29, 1.82) is 5.26 Å². The highest BCUT2D eigenvalue weighted by Crippen LogP contribution is 2.07. The molecule has 0 unspecified atom stereocenters. The van der Waals surface area contributed by atoms with Crippen LogP contribution in [0.5, 0.6) is 0 Å². The molecule has 1 heterocycles. The van der Waals surface area contributed by atoms with Gasteiger partial charge in [-0.15, -0.1) is 0 Å². The van der Waals surface area contributed by atoms with Gasteiger partial charge in [-0.2, -0.15) is 5.26 Å². The fourth-order valence-corrected chi connectivity index (χ4v) is 1.80. The van der Waals surface area contributed by atoms with Crippen LogP contribution in [0.15, 0.2) is 46.1 Å². The van der Waals surface area contributed by atoms with Crippen LogP contribution >= 0.6 is 0 Å². The van der Waals surface area contributed by atoms with E-state index in [0.29, 0.717) is 12.1 Å².